The van der Waals surface area contributed by atoms with E-state index in [2.05, 4.69) is 63.1 Å². The van der Waals surface area contributed by atoms with E-state index in [0.29, 0.717) is 40.7 Å². The Balaban J connectivity index is 0.760. The third-order valence-corrected chi connectivity index (χ3v) is 13.7. The van der Waals surface area contributed by atoms with Gasteiger partial charge in [0.15, 0.2) is 11.6 Å². The second-order valence-corrected chi connectivity index (χ2v) is 21.1. The number of nitrogens with zero attached hydrogens (tertiary/aromatic N) is 11. The van der Waals surface area contributed by atoms with Crippen LogP contribution in [0.1, 0.15) is 103 Å². The van der Waals surface area contributed by atoms with Gasteiger partial charge in [-0.05, 0) is 63.5 Å². The summed E-state index contributed by atoms with van der Waals surface area (Å²) in [5.41, 5.74) is 3.06. The van der Waals surface area contributed by atoms with Crippen molar-refractivity contribution < 1.29 is 47.9 Å². The van der Waals surface area contributed by atoms with Gasteiger partial charge in [0.2, 0.25) is 17.6 Å². The lowest BCUT2D eigenvalue weighted by Crippen LogP contribution is -2.32. The average Bonchev–Trinajstić information content (AvgIpc) is 2.38. The summed E-state index contributed by atoms with van der Waals surface area (Å²) in [6, 6.07) is 8.88. The van der Waals surface area contributed by atoms with Crippen LogP contribution in [0.4, 0.5) is 39.9 Å². The molecule has 0 saturated heterocycles. The molecule has 10 N–H and O–H groups in total. The molecule has 10 amide bonds. The summed E-state index contributed by atoms with van der Waals surface area (Å²) in [5.74, 6) is -4.50. The van der Waals surface area contributed by atoms with Crippen LogP contribution in [0.25, 0.3) is 0 Å². The maximum absolute atomic E-state index is 13.5. The van der Waals surface area contributed by atoms with Crippen LogP contribution in [-0.2, 0) is 66.0 Å². The van der Waals surface area contributed by atoms with Gasteiger partial charge in [-0.25, -0.2) is 9.97 Å². The fourth-order valence-electron chi connectivity index (χ4n) is 9.31. The average molecular weight is 1210 g/mol. The number of nitrogens with one attached hydrogen (secondary N) is 10. The summed E-state index contributed by atoms with van der Waals surface area (Å²) in [4.78, 5) is 141. The van der Waals surface area contributed by atoms with Crippen LogP contribution in [-0.4, -0.2) is 151 Å². The maximum Gasteiger partial charge on any atom is 0.292 e. The lowest BCUT2D eigenvalue weighted by Gasteiger charge is -2.10. The lowest BCUT2D eigenvalue weighted by atomic mass is 10.3. The third kappa shape index (κ3) is 15.5. The van der Waals surface area contributed by atoms with Crippen molar-refractivity contribution in [1.29, 1.82) is 0 Å². The number of aromatic nitrogens is 10. The number of amides is 10. The number of carbonyl (C=O) groups excluding carboxylic acids is 10. The molecular weight excluding hydrogens is 1140 g/mol. The quantitative estimate of drug-likeness (QED) is 0.0369. The van der Waals surface area contributed by atoms with Crippen LogP contribution in [0.15, 0.2) is 92.2 Å². The van der Waals surface area contributed by atoms with Crippen LogP contribution >= 0.6 is 0 Å². The van der Waals surface area contributed by atoms with Crippen molar-refractivity contribution in [2.24, 2.45) is 56.4 Å². The highest BCUT2D eigenvalue weighted by molar-refractivity contribution is 6.10. The first kappa shape index (κ1) is 62.8. The Hall–Kier alpha value is -11.2. The third-order valence-electron chi connectivity index (χ3n) is 13.7. The van der Waals surface area contributed by atoms with E-state index in [-0.39, 0.29) is 83.5 Å². The fourth-order valence-corrected chi connectivity index (χ4v) is 9.31. The van der Waals surface area contributed by atoms with E-state index in [1.54, 1.807) is 91.9 Å². The van der Waals surface area contributed by atoms with Crippen molar-refractivity contribution in [3.05, 3.63) is 138 Å². The zero-order valence-electron chi connectivity index (χ0n) is 50.1. The number of carbonyl (C=O) groups is 10. The Morgan fingerprint density at radius 1 is 0.375 bits per heavy atom. The Labute approximate surface area is 503 Å². The molecular formula is C57H69N21O10. The number of imidazole rings is 2. The first-order chi connectivity index (χ1) is 41.8. The fraction of sp³-hybridized carbons (Fsp3) is 0.298. The normalized spacial score (nSPS) is 11.0. The Kier molecular flexibility index (Phi) is 19.4. The molecule has 0 bridgehead atoms. The van der Waals surface area contributed by atoms with E-state index in [4.69, 9.17) is 0 Å². The SMILES string of the molecule is CN(C)CCCNC(=O)CCNC(=O)c1cc(NC(=O)c2cc(NC(=O)c3cc(NC(=O)c4cc(NC(=O)CCNC(=O)c5cc(NC(=O)c6cc(NC(=O)c7nc(NC(=O)c8nccn8C)cn7C)cn6C)cn5C)cn4C)cn3C)cn2C)cn1C. The predicted molar refractivity (Wildman–Crippen MR) is 325 cm³/mol. The zero-order chi connectivity index (χ0) is 63.7. The van der Waals surface area contributed by atoms with Crippen molar-refractivity contribution in [3.8, 4) is 0 Å². The largest absolute Gasteiger partial charge is 0.356 e. The summed E-state index contributed by atoms with van der Waals surface area (Å²) in [6.07, 6.45) is 14.7. The topological polar surface area (TPSA) is 359 Å². The van der Waals surface area contributed by atoms with Gasteiger partial charge in [0.1, 0.15) is 34.2 Å². The first-order valence-corrected chi connectivity index (χ1v) is 27.4. The van der Waals surface area contributed by atoms with E-state index in [9.17, 15) is 47.9 Å². The maximum atomic E-state index is 13.5. The summed E-state index contributed by atoms with van der Waals surface area (Å²) in [5, 5.41) is 27.4. The van der Waals surface area contributed by atoms with Gasteiger partial charge < -0.3 is 94.6 Å². The summed E-state index contributed by atoms with van der Waals surface area (Å²) < 4.78 is 12.1. The zero-order valence-corrected chi connectivity index (χ0v) is 50.1. The summed E-state index contributed by atoms with van der Waals surface area (Å²) >= 11 is 0. The van der Waals surface area contributed by atoms with E-state index in [1.165, 1.54) is 93.2 Å². The van der Waals surface area contributed by atoms with Crippen LogP contribution < -0.4 is 53.2 Å². The molecule has 0 spiro atoms. The molecule has 8 aromatic rings. The molecule has 8 heterocycles. The van der Waals surface area contributed by atoms with Gasteiger partial charge in [0.25, 0.3) is 47.3 Å². The number of anilines is 7. The van der Waals surface area contributed by atoms with Gasteiger partial charge in [-0.3, -0.25) is 47.9 Å². The molecule has 31 nitrogen and oxygen atoms in total. The lowest BCUT2D eigenvalue weighted by molar-refractivity contribution is -0.121. The molecule has 0 radical (unpaired) electrons. The first-order valence-electron chi connectivity index (χ1n) is 27.4. The number of aryl methyl sites for hydroxylation is 8. The van der Waals surface area contributed by atoms with Crippen molar-refractivity contribution in [3.63, 3.8) is 0 Å². The summed E-state index contributed by atoms with van der Waals surface area (Å²) in [6.45, 7) is 1.46. The number of hydrogen-bond acceptors (Lipinski definition) is 13. The second-order valence-electron chi connectivity index (χ2n) is 21.1. The van der Waals surface area contributed by atoms with Crippen LogP contribution in [0.5, 0.6) is 0 Å². The Morgan fingerprint density at radius 2 is 0.727 bits per heavy atom. The monoisotopic (exact) mass is 1210 g/mol. The van der Waals surface area contributed by atoms with Gasteiger partial charge in [-0.15, -0.1) is 0 Å². The molecule has 88 heavy (non-hydrogen) atoms. The summed E-state index contributed by atoms with van der Waals surface area (Å²) in [7, 11) is 16.9. The smallest absolute Gasteiger partial charge is 0.292 e. The molecule has 462 valence electrons. The molecule has 0 aromatic carbocycles. The molecule has 0 fully saturated rings. The molecule has 0 atom stereocenters. The molecule has 8 aromatic heterocycles. The predicted octanol–water partition coefficient (Wildman–Crippen LogP) is 2.64. The minimum Gasteiger partial charge on any atom is -0.356 e. The van der Waals surface area contributed by atoms with Crippen LogP contribution in [0.2, 0.25) is 0 Å². The van der Waals surface area contributed by atoms with E-state index < -0.39 is 53.2 Å². The van der Waals surface area contributed by atoms with Gasteiger partial charge in [-0.2, -0.15) is 0 Å². The Bertz CT molecular complexity index is 4000. The van der Waals surface area contributed by atoms with Crippen molar-refractivity contribution in [2.75, 3.05) is 77.5 Å². The molecule has 0 saturated carbocycles. The van der Waals surface area contributed by atoms with Gasteiger partial charge >= 0.3 is 0 Å². The highest BCUT2D eigenvalue weighted by Gasteiger charge is 2.24. The Morgan fingerprint density at radius 3 is 1.10 bits per heavy atom. The minimum atomic E-state index is -0.599. The standard InChI is InChI=1S/C57H69N21O10/c1-70(2)18-11-14-58-46(79)12-15-60-50(81)39-21-34(27-72(39)4)63-53(84)42-24-37(30-75(42)7)66-54(85)43-23-36(29-76(43)8)65-52(83)41-20-33(26-74(41)6)62-47(80)13-16-61-51(82)40-22-35(28-73(40)5)64-55(86)44-25-38(31-77(44)9)67-57(88)49-68-45(32-78(49)10)69-56(87)48-59-17-19-71(48)3/h17,19-32H,11-16,18H2,1-10H3,(H,58,79)(H,60,81)(H,61,82)(H,62,80)(H,63,84)(H,64,86)(H,65,83)(H,66,85)(H,67,88)(H,69,87). The van der Waals surface area contributed by atoms with Crippen molar-refractivity contribution in [1.82, 2.24) is 67.4 Å². The van der Waals surface area contributed by atoms with Gasteiger partial charge in [-0.1, -0.05) is 0 Å². The van der Waals surface area contributed by atoms with E-state index in [0.717, 1.165) is 13.0 Å². The van der Waals surface area contributed by atoms with Crippen molar-refractivity contribution >= 4 is 99.0 Å². The van der Waals surface area contributed by atoms with Crippen LogP contribution in [0.3, 0.4) is 0 Å². The van der Waals surface area contributed by atoms with Crippen LogP contribution in [0, 0.1) is 0 Å². The molecule has 0 aliphatic rings. The highest BCUT2D eigenvalue weighted by Crippen LogP contribution is 2.23. The molecule has 0 aliphatic heterocycles. The van der Waals surface area contributed by atoms with E-state index in [1.807, 2.05) is 19.0 Å². The molecule has 8 rings (SSSR count). The highest BCUT2D eigenvalue weighted by atomic mass is 16.2. The number of hydrogen-bond donors (Lipinski definition) is 10. The van der Waals surface area contributed by atoms with E-state index >= 15 is 0 Å². The van der Waals surface area contributed by atoms with Gasteiger partial charge in [0, 0.05) is 145 Å². The molecule has 0 unspecified atom stereocenters. The van der Waals surface area contributed by atoms with Crippen molar-refractivity contribution in [2.45, 2.75) is 19.3 Å². The van der Waals surface area contributed by atoms with Gasteiger partial charge in [0.05, 0.1) is 34.1 Å². The minimum absolute atomic E-state index is 0.00980. The second kappa shape index (κ2) is 27.2. The molecule has 31 heteroatoms. The number of rotatable bonds is 25. The molecule has 0 aliphatic carbocycles.